The SMILES string of the molecule is CCCON(CCC)C(=O)CN1C[C@](C)(c2cc3c(c(C4CC4)c2)OCO3)CC1(C)/C=C/N1CC(C)(C)CC1O. The monoisotopic (exact) mass is 555 g/mol. The lowest BCUT2D eigenvalue weighted by Gasteiger charge is -2.34. The Hall–Kier alpha value is -2.29. The molecule has 1 saturated carbocycles. The lowest BCUT2D eigenvalue weighted by atomic mass is 9.76. The van der Waals surface area contributed by atoms with Gasteiger partial charge in [-0.05, 0) is 80.7 Å². The Balaban J connectivity index is 1.45. The van der Waals surface area contributed by atoms with Crippen molar-refractivity contribution in [2.45, 2.75) is 103 Å². The van der Waals surface area contributed by atoms with Crippen molar-refractivity contribution in [1.29, 1.82) is 0 Å². The van der Waals surface area contributed by atoms with Gasteiger partial charge in [0.2, 0.25) is 6.79 Å². The van der Waals surface area contributed by atoms with Crippen LogP contribution in [-0.2, 0) is 15.0 Å². The summed E-state index contributed by atoms with van der Waals surface area (Å²) in [4.78, 5) is 23.8. The molecule has 1 aliphatic carbocycles. The van der Waals surface area contributed by atoms with E-state index in [0.717, 1.165) is 50.3 Å². The number of ether oxygens (including phenoxy) is 2. The van der Waals surface area contributed by atoms with Crippen molar-refractivity contribution in [2.75, 3.05) is 39.6 Å². The van der Waals surface area contributed by atoms with E-state index in [0.29, 0.717) is 19.1 Å². The second-order valence-corrected chi connectivity index (χ2v) is 13.7. The van der Waals surface area contributed by atoms with Crippen LogP contribution >= 0.6 is 0 Å². The molecule has 0 aromatic heterocycles. The number of nitrogens with zero attached hydrogens (tertiary/aromatic N) is 3. The van der Waals surface area contributed by atoms with Crippen LogP contribution in [0.25, 0.3) is 0 Å². The van der Waals surface area contributed by atoms with Gasteiger partial charge in [-0.3, -0.25) is 14.5 Å². The second kappa shape index (κ2) is 11.2. The van der Waals surface area contributed by atoms with Gasteiger partial charge in [0.05, 0.1) is 13.2 Å². The predicted octanol–water partition coefficient (Wildman–Crippen LogP) is 5.16. The highest BCUT2D eigenvalue weighted by Gasteiger charge is 2.50. The zero-order chi connectivity index (χ0) is 28.7. The molecule has 0 spiro atoms. The molecule has 8 heteroatoms. The Morgan fingerprint density at radius 2 is 1.93 bits per heavy atom. The average Bonchev–Trinajstić information content (AvgIpc) is 3.47. The minimum Gasteiger partial charge on any atom is -0.454 e. The van der Waals surface area contributed by atoms with Gasteiger partial charge in [-0.2, -0.15) is 0 Å². The molecular formula is C32H49N3O5. The molecule has 2 unspecified atom stereocenters. The van der Waals surface area contributed by atoms with Gasteiger partial charge in [0.15, 0.2) is 11.5 Å². The molecule has 40 heavy (non-hydrogen) atoms. The van der Waals surface area contributed by atoms with Crippen molar-refractivity contribution in [1.82, 2.24) is 14.9 Å². The summed E-state index contributed by atoms with van der Waals surface area (Å²) in [7, 11) is 0. The highest BCUT2D eigenvalue weighted by atomic mass is 16.7. The number of aliphatic hydroxyl groups excluding tert-OH is 1. The van der Waals surface area contributed by atoms with Crippen LogP contribution in [0.3, 0.4) is 0 Å². The Morgan fingerprint density at radius 1 is 1.15 bits per heavy atom. The molecule has 5 rings (SSSR count). The van der Waals surface area contributed by atoms with E-state index in [9.17, 15) is 9.90 Å². The molecule has 3 heterocycles. The molecule has 3 atom stereocenters. The number of benzene rings is 1. The number of aliphatic hydroxyl groups is 1. The van der Waals surface area contributed by atoms with E-state index in [1.807, 2.05) is 4.90 Å². The van der Waals surface area contributed by atoms with Crippen molar-refractivity contribution in [3.63, 3.8) is 0 Å². The summed E-state index contributed by atoms with van der Waals surface area (Å²) >= 11 is 0. The third-order valence-electron chi connectivity index (χ3n) is 9.06. The Bertz CT molecular complexity index is 1120. The van der Waals surface area contributed by atoms with Crippen LogP contribution in [-0.4, -0.2) is 77.2 Å². The van der Waals surface area contributed by atoms with Gasteiger partial charge in [-0.25, -0.2) is 5.06 Å². The Kier molecular flexibility index (Phi) is 8.16. The first-order valence-corrected chi connectivity index (χ1v) is 15.2. The summed E-state index contributed by atoms with van der Waals surface area (Å²) in [5.41, 5.74) is 1.97. The van der Waals surface area contributed by atoms with Crippen molar-refractivity contribution < 1.29 is 24.2 Å². The molecular weight excluding hydrogens is 506 g/mol. The molecule has 8 nitrogen and oxygen atoms in total. The van der Waals surface area contributed by atoms with E-state index in [4.69, 9.17) is 14.3 Å². The maximum absolute atomic E-state index is 13.6. The van der Waals surface area contributed by atoms with Crippen LogP contribution in [0.4, 0.5) is 0 Å². The lowest BCUT2D eigenvalue weighted by Crippen LogP contribution is -2.47. The summed E-state index contributed by atoms with van der Waals surface area (Å²) in [6, 6.07) is 4.49. The summed E-state index contributed by atoms with van der Waals surface area (Å²) < 4.78 is 11.7. The van der Waals surface area contributed by atoms with Crippen LogP contribution in [0.15, 0.2) is 24.4 Å². The normalized spacial score (nSPS) is 29.6. The Labute approximate surface area is 240 Å². The minimum atomic E-state index is -0.491. The van der Waals surface area contributed by atoms with E-state index in [-0.39, 0.29) is 30.1 Å². The maximum Gasteiger partial charge on any atom is 0.260 e. The predicted molar refractivity (Wildman–Crippen MR) is 155 cm³/mol. The summed E-state index contributed by atoms with van der Waals surface area (Å²) in [5, 5.41) is 12.3. The maximum atomic E-state index is 13.6. The number of amides is 1. The van der Waals surface area contributed by atoms with Gasteiger partial charge in [0.25, 0.3) is 5.91 Å². The standard InChI is InChI=1S/C32H49N3O5/c1-7-12-35(40-14-8-2)28(37)18-34-21-31(5,19-32(34,6)11-13-33-20-30(3,4)17-27(33)36)24-15-25(23-9-10-23)29-26(16-24)38-22-39-29/h11,13,15-16,23,27,36H,7-10,12,14,17-22H2,1-6H3/b13-11+/t27?,31-,32?/m1/s1. The highest BCUT2D eigenvalue weighted by Crippen LogP contribution is 2.53. The van der Waals surface area contributed by atoms with Gasteiger partial charge in [0.1, 0.15) is 6.23 Å². The zero-order valence-corrected chi connectivity index (χ0v) is 25.4. The zero-order valence-electron chi connectivity index (χ0n) is 25.4. The van der Waals surface area contributed by atoms with E-state index < -0.39 is 11.8 Å². The third kappa shape index (κ3) is 6.00. The number of rotatable bonds is 11. The average molecular weight is 556 g/mol. The fraction of sp³-hybridized carbons (Fsp3) is 0.719. The number of fused-ring (bicyclic) bond motifs is 1. The quantitative estimate of drug-likeness (QED) is 0.378. The van der Waals surface area contributed by atoms with Crippen molar-refractivity contribution in [3.05, 3.63) is 35.5 Å². The van der Waals surface area contributed by atoms with Gasteiger partial charge in [-0.15, -0.1) is 0 Å². The third-order valence-corrected chi connectivity index (χ3v) is 9.06. The molecule has 1 N–H and O–H groups in total. The van der Waals surface area contributed by atoms with Crippen LogP contribution in [0, 0.1) is 5.41 Å². The molecule has 2 saturated heterocycles. The smallest absolute Gasteiger partial charge is 0.260 e. The van der Waals surface area contributed by atoms with Crippen LogP contribution in [0.5, 0.6) is 11.5 Å². The minimum absolute atomic E-state index is 0.00845. The summed E-state index contributed by atoms with van der Waals surface area (Å²) in [6.07, 6.45) is 9.45. The topological polar surface area (TPSA) is 74.7 Å². The van der Waals surface area contributed by atoms with E-state index >= 15 is 0 Å². The van der Waals surface area contributed by atoms with Crippen molar-refractivity contribution >= 4 is 5.91 Å². The summed E-state index contributed by atoms with van der Waals surface area (Å²) in [6.45, 7) is 16.2. The van der Waals surface area contributed by atoms with E-state index in [1.165, 1.54) is 24.0 Å². The Morgan fingerprint density at radius 3 is 2.58 bits per heavy atom. The molecule has 1 aromatic rings. The van der Waals surface area contributed by atoms with Gasteiger partial charge in [0, 0.05) is 36.2 Å². The number of hydrogen-bond acceptors (Lipinski definition) is 7. The number of carbonyl (C=O) groups is 1. The second-order valence-electron chi connectivity index (χ2n) is 13.7. The van der Waals surface area contributed by atoms with Gasteiger partial charge in [-0.1, -0.05) is 40.7 Å². The fourth-order valence-electron chi connectivity index (χ4n) is 6.83. The van der Waals surface area contributed by atoms with E-state index in [1.54, 1.807) is 5.06 Å². The van der Waals surface area contributed by atoms with Gasteiger partial charge < -0.3 is 19.5 Å². The first-order valence-electron chi connectivity index (χ1n) is 15.2. The number of hydroxylamine groups is 2. The molecule has 0 radical (unpaired) electrons. The first kappa shape index (κ1) is 29.2. The number of likely N-dealkylation sites (tertiary alicyclic amines) is 2. The van der Waals surface area contributed by atoms with Crippen molar-refractivity contribution in [2.24, 2.45) is 5.41 Å². The molecule has 1 amide bonds. The molecule has 222 valence electrons. The van der Waals surface area contributed by atoms with Crippen LogP contribution < -0.4 is 9.47 Å². The van der Waals surface area contributed by atoms with Crippen LogP contribution in [0.1, 0.15) is 97.1 Å². The molecule has 4 aliphatic rings. The molecule has 0 bridgehead atoms. The molecule has 1 aromatic carbocycles. The number of carbonyl (C=O) groups excluding carboxylic acids is 1. The van der Waals surface area contributed by atoms with Crippen LogP contribution in [0.2, 0.25) is 0 Å². The molecule has 3 fully saturated rings. The molecule has 3 aliphatic heterocycles. The summed E-state index contributed by atoms with van der Waals surface area (Å²) in [5.74, 6) is 2.29. The van der Waals surface area contributed by atoms with Crippen molar-refractivity contribution in [3.8, 4) is 11.5 Å². The van der Waals surface area contributed by atoms with E-state index in [2.05, 4.69) is 70.9 Å². The highest BCUT2D eigenvalue weighted by molar-refractivity contribution is 5.77. The largest absolute Gasteiger partial charge is 0.454 e. The fourth-order valence-corrected chi connectivity index (χ4v) is 6.83. The van der Waals surface area contributed by atoms with Gasteiger partial charge >= 0.3 is 0 Å². The first-order chi connectivity index (χ1) is 19.0. The number of hydrogen-bond donors (Lipinski definition) is 1. The lowest BCUT2D eigenvalue weighted by molar-refractivity contribution is -0.188.